The van der Waals surface area contributed by atoms with Gasteiger partial charge in [-0.15, -0.1) is 0 Å². The molecule has 0 radical (unpaired) electrons. The normalized spacial score (nSPS) is 13.2. The van der Waals surface area contributed by atoms with E-state index in [9.17, 15) is 0 Å². The Kier molecular flexibility index (Phi) is 8.95. The number of hydrogen-bond acceptors (Lipinski definition) is 2. The molecule has 0 aromatic heterocycles. The molecule has 12 heavy (non-hydrogen) atoms. The Morgan fingerprint density at radius 1 is 1.25 bits per heavy atom. The first-order valence-electron chi connectivity index (χ1n) is 5.22. The summed E-state index contributed by atoms with van der Waals surface area (Å²) < 4.78 is 0. The minimum absolute atomic E-state index is 0.826. The number of nitrogens with one attached hydrogen (secondary N) is 1. The molecule has 0 aromatic carbocycles. The number of unbranched alkanes of at least 4 members (excludes halogenated alkanes) is 1. The van der Waals surface area contributed by atoms with Crippen LogP contribution in [-0.2, 0) is 0 Å². The van der Waals surface area contributed by atoms with Crippen LogP contribution in [0.4, 0.5) is 0 Å². The minimum Gasteiger partial charge on any atom is -0.330 e. The van der Waals surface area contributed by atoms with Gasteiger partial charge >= 0.3 is 0 Å². The van der Waals surface area contributed by atoms with Gasteiger partial charge in [0.2, 0.25) is 0 Å². The zero-order valence-corrected chi connectivity index (χ0v) is 8.60. The SMILES string of the molecule is CCC(C)CCNCCCCN. The number of nitrogens with two attached hydrogens (primary N) is 1. The number of hydrogen-bond donors (Lipinski definition) is 2. The predicted molar refractivity (Wildman–Crippen MR) is 55.2 cm³/mol. The summed E-state index contributed by atoms with van der Waals surface area (Å²) in [5.41, 5.74) is 5.39. The molecule has 0 saturated carbocycles. The summed E-state index contributed by atoms with van der Waals surface area (Å²) in [7, 11) is 0. The van der Waals surface area contributed by atoms with Crippen LogP contribution in [0.3, 0.4) is 0 Å². The molecule has 0 heterocycles. The standard InChI is InChI=1S/C10H24N2/c1-3-10(2)6-9-12-8-5-4-7-11/h10,12H,3-9,11H2,1-2H3. The molecule has 0 fully saturated rings. The van der Waals surface area contributed by atoms with Crippen LogP contribution in [0.25, 0.3) is 0 Å². The second kappa shape index (κ2) is 9.01. The third kappa shape index (κ3) is 8.02. The van der Waals surface area contributed by atoms with E-state index in [0.717, 1.165) is 25.4 Å². The molecule has 0 saturated heterocycles. The predicted octanol–water partition coefficient (Wildman–Crippen LogP) is 1.75. The quantitative estimate of drug-likeness (QED) is 0.547. The average molecular weight is 172 g/mol. The largest absolute Gasteiger partial charge is 0.330 e. The van der Waals surface area contributed by atoms with Gasteiger partial charge < -0.3 is 11.1 Å². The highest BCUT2D eigenvalue weighted by atomic mass is 14.8. The second-order valence-corrected chi connectivity index (χ2v) is 3.55. The van der Waals surface area contributed by atoms with Crippen molar-refractivity contribution in [2.24, 2.45) is 11.7 Å². The molecule has 0 rings (SSSR count). The fraction of sp³-hybridized carbons (Fsp3) is 1.00. The van der Waals surface area contributed by atoms with Crippen LogP contribution < -0.4 is 11.1 Å². The van der Waals surface area contributed by atoms with Crippen molar-refractivity contribution in [1.29, 1.82) is 0 Å². The van der Waals surface area contributed by atoms with Gasteiger partial charge in [-0.05, 0) is 44.8 Å². The third-order valence-electron chi connectivity index (χ3n) is 2.32. The van der Waals surface area contributed by atoms with Crippen molar-refractivity contribution in [2.45, 2.75) is 39.5 Å². The van der Waals surface area contributed by atoms with E-state index in [1.54, 1.807) is 0 Å². The highest BCUT2D eigenvalue weighted by Crippen LogP contribution is 2.03. The van der Waals surface area contributed by atoms with Crippen LogP contribution in [-0.4, -0.2) is 19.6 Å². The lowest BCUT2D eigenvalue weighted by Crippen LogP contribution is -2.19. The van der Waals surface area contributed by atoms with E-state index in [1.165, 1.54) is 25.8 Å². The van der Waals surface area contributed by atoms with E-state index in [1.807, 2.05) is 0 Å². The Balaban J connectivity index is 2.90. The van der Waals surface area contributed by atoms with Crippen molar-refractivity contribution in [2.75, 3.05) is 19.6 Å². The molecule has 0 aromatic rings. The molecule has 0 aliphatic rings. The Morgan fingerprint density at radius 2 is 2.00 bits per heavy atom. The zero-order valence-electron chi connectivity index (χ0n) is 8.60. The maximum Gasteiger partial charge on any atom is -0.00464 e. The van der Waals surface area contributed by atoms with Crippen molar-refractivity contribution in [3.63, 3.8) is 0 Å². The Labute approximate surface area is 76.9 Å². The first-order chi connectivity index (χ1) is 5.81. The first kappa shape index (κ1) is 11.9. The van der Waals surface area contributed by atoms with E-state index in [-0.39, 0.29) is 0 Å². The molecule has 0 amide bonds. The van der Waals surface area contributed by atoms with Crippen LogP contribution in [0.5, 0.6) is 0 Å². The van der Waals surface area contributed by atoms with E-state index in [0.29, 0.717) is 0 Å². The number of rotatable bonds is 8. The van der Waals surface area contributed by atoms with Crippen molar-refractivity contribution in [3.8, 4) is 0 Å². The second-order valence-electron chi connectivity index (χ2n) is 3.55. The molecule has 2 nitrogen and oxygen atoms in total. The maximum absolute atomic E-state index is 5.39. The van der Waals surface area contributed by atoms with E-state index in [4.69, 9.17) is 5.73 Å². The molecule has 0 spiro atoms. The lowest BCUT2D eigenvalue weighted by Gasteiger charge is -2.08. The van der Waals surface area contributed by atoms with Crippen molar-refractivity contribution in [1.82, 2.24) is 5.32 Å². The van der Waals surface area contributed by atoms with Crippen molar-refractivity contribution in [3.05, 3.63) is 0 Å². The van der Waals surface area contributed by atoms with Crippen LogP contribution in [0.15, 0.2) is 0 Å². The molecule has 1 unspecified atom stereocenters. The van der Waals surface area contributed by atoms with Gasteiger partial charge in [0.1, 0.15) is 0 Å². The maximum atomic E-state index is 5.39. The molecule has 74 valence electrons. The summed E-state index contributed by atoms with van der Waals surface area (Å²) >= 11 is 0. The van der Waals surface area contributed by atoms with Crippen molar-refractivity contribution >= 4 is 0 Å². The Morgan fingerprint density at radius 3 is 2.58 bits per heavy atom. The van der Waals surface area contributed by atoms with Gasteiger partial charge in [0.15, 0.2) is 0 Å². The topological polar surface area (TPSA) is 38.0 Å². The summed E-state index contributed by atoms with van der Waals surface area (Å²) in [5, 5.41) is 3.43. The van der Waals surface area contributed by atoms with Crippen LogP contribution in [0.2, 0.25) is 0 Å². The van der Waals surface area contributed by atoms with Crippen LogP contribution >= 0.6 is 0 Å². The van der Waals surface area contributed by atoms with E-state index >= 15 is 0 Å². The smallest absolute Gasteiger partial charge is 0.00464 e. The fourth-order valence-electron chi connectivity index (χ4n) is 1.07. The molecule has 0 bridgehead atoms. The van der Waals surface area contributed by atoms with E-state index in [2.05, 4.69) is 19.2 Å². The molecular weight excluding hydrogens is 148 g/mol. The summed E-state index contributed by atoms with van der Waals surface area (Å²) in [6, 6.07) is 0. The Bertz CT molecular complexity index is 83.9. The monoisotopic (exact) mass is 172 g/mol. The minimum atomic E-state index is 0.826. The van der Waals surface area contributed by atoms with E-state index < -0.39 is 0 Å². The van der Waals surface area contributed by atoms with Gasteiger partial charge in [-0.1, -0.05) is 20.3 Å². The van der Waals surface area contributed by atoms with Gasteiger partial charge in [0.05, 0.1) is 0 Å². The lowest BCUT2D eigenvalue weighted by molar-refractivity contribution is 0.484. The Hall–Kier alpha value is -0.0800. The highest BCUT2D eigenvalue weighted by molar-refractivity contribution is 4.54. The lowest BCUT2D eigenvalue weighted by atomic mass is 10.1. The first-order valence-corrected chi connectivity index (χ1v) is 5.22. The third-order valence-corrected chi connectivity index (χ3v) is 2.32. The zero-order chi connectivity index (χ0) is 9.23. The van der Waals surface area contributed by atoms with Gasteiger partial charge in [-0.3, -0.25) is 0 Å². The van der Waals surface area contributed by atoms with Crippen LogP contribution in [0.1, 0.15) is 39.5 Å². The molecule has 1 atom stereocenters. The summed E-state index contributed by atoms with van der Waals surface area (Å²) in [6.45, 7) is 7.68. The van der Waals surface area contributed by atoms with Gasteiger partial charge in [0.25, 0.3) is 0 Å². The van der Waals surface area contributed by atoms with Gasteiger partial charge in [-0.25, -0.2) is 0 Å². The van der Waals surface area contributed by atoms with Gasteiger partial charge in [-0.2, -0.15) is 0 Å². The molecule has 0 aliphatic carbocycles. The average Bonchev–Trinajstić information content (AvgIpc) is 2.10. The highest BCUT2D eigenvalue weighted by Gasteiger charge is 1.96. The molecule has 0 aliphatic heterocycles. The van der Waals surface area contributed by atoms with Crippen LogP contribution in [0, 0.1) is 5.92 Å². The fourth-order valence-corrected chi connectivity index (χ4v) is 1.07. The molecule has 3 N–H and O–H groups in total. The molecular formula is C10H24N2. The molecule has 2 heteroatoms. The van der Waals surface area contributed by atoms with Crippen molar-refractivity contribution < 1.29 is 0 Å². The summed E-state index contributed by atoms with van der Waals surface area (Å²) in [6.07, 6.45) is 4.97. The summed E-state index contributed by atoms with van der Waals surface area (Å²) in [5.74, 6) is 0.868. The summed E-state index contributed by atoms with van der Waals surface area (Å²) in [4.78, 5) is 0. The van der Waals surface area contributed by atoms with Gasteiger partial charge in [0, 0.05) is 0 Å².